The summed E-state index contributed by atoms with van der Waals surface area (Å²) in [7, 11) is 0. The molecule has 34 heavy (non-hydrogen) atoms. The smallest absolute Gasteiger partial charge is 0.259 e. The fraction of sp³-hybridized carbons (Fsp3) is 0.296. The molecule has 0 radical (unpaired) electrons. The molecule has 2 aromatic carbocycles. The quantitative estimate of drug-likeness (QED) is 0.457. The fourth-order valence-electron chi connectivity index (χ4n) is 4.62. The van der Waals surface area contributed by atoms with E-state index in [0.717, 1.165) is 29.1 Å². The fourth-order valence-corrected chi connectivity index (χ4v) is 4.62. The largest absolute Gasteiger partial charge is 0.368 e. The van der Waals surface area contributed by atoms with Crippen LogP contribution in [0, 0.1) is 26.6 Å². The maximum absolute atomic E-state index is 13.4. The van der Waals surface area contributed by atoms with Crippen LogP contribution in [0.1, 0.15) is 38.4 Å². The first-order chi connectivity index (χ1) is 16.4. The lowest BCUT2D eigenvalue weighted by atomic mass is 10.0. The summed E-state index contributed by atoms with van der Waals surface area (Å²) < 4.78 is 15.0. The van der Waals surface area contributed by atoms with Crippen molar-refractivity contribution in [1.29, 1.82) is 0 Å². The monoisotopic (exact) mass is 457 g/mol. The second kappa shape index (κ2) is 8.89. The van der Waals surface area contributed by atoms with E-state index < -0.39 is 0 Å². The number of carbonyl (C=O) groups is 1. The van der Waals surface area contributed by atoms with Gasteiger partial charge in [0, 0.05) is 49.7 Å². The van der Waals surface area contributed by atoms with Crippen LogP contribution in [0.4, 0.5) is 10.1 Å². The zero-order valence-electron chi connectivity index (χ0n) is 19.8. The third-order valence-corrected chi connectivity index (χ3v) is 6.70. The lowest BCUT2D eigenvalue weighted by Gasteiger charge is -2.36. The molecule has 1 aliphatic heterocycles. The summed E-state index contributed by atoms with van der Waals surface area (Å²) in [6.45, 7) is 8.70. The molecular weight excluding hydrogens is 429 g/mol. The molecule has 7 heteroatoms. The maximum atomic E-state index is 13.4. The minimum atomic E-state index is -0.245. The van der Waals surface area contributed by atoms with Crippen molar-refractivity contribution in [2.24, 2.45) is 0 Å². The molecule has 0 aliphatic carbocycles. The van der Waals surface area contributed by atoms with E-state index >= 15 is 0 Å². The third kappa shape index (κ3) is 4.14. The number of fused-ring (bicyclic) bond motifs is 1. The van der Waals surface area contributed by atoms with Gasteiger partial charge in [-0.3, -0.25) is 4.79 Å². The summed E-state index contributed by atoms with van der Waals surface area (Å²) in [5, 5.41) is 4.52. The summed E-state index contributed by atoms with van der Waals surface area (Å²) in [5.41, 5.74) is 7.62. The van der Waals surface area contributed by atoms with Gasteiger partial charge in [-0.2, -0.15) is 5.10 Å². The SMILES string of the molecule is Cc1ccc(Cc2c(C)nc3c(C(=O)N4CCN(c5ccc(F)cc5)CC4)cnn3c2C)cc1. The Hall–Kier alpha value is -3.74. The van der Waals surface area contributed by atoms with Gasteiger partial charge >= 0.3 is 0 Å². The number of carbonyl (C=O) groups excluding carboxylic acids is 1. The molecule has 0 saturated carbocycles. The number of rotatable bonds is 4. The Kier molecular flexibility index (Phi) is 5.77. The number of nitrogens with zero attached hydrogens (tertiary/aromatic N) is 5. The average Bonchev–Trinajstić information content (AvgIpc) is 3.27. The van der Waals surface area contributed by atoms with E-state index in [1.165, 1.54) is 23.3 Å². The summed E-state index contributed by atoms with van der Waals surface area (Å²) in [6, 6.07) is 15.0. The first kappa shape index (κ1) is 22.1. The van der Waals surface area contributed by atoms with E-state index in [2.05, 4.69) is 41.2 Å². The van der Waals surface area contributed by atoms with Crippen LogP contribution in [-0.4, -0.2) is 51.6 Å². The van der Waals surface area contributed by atoms with E-state index in [1.54, 1.807) is 22.8 Å². The van der Waals surface area contributed by atoms with Crippen molar-refractivity contribution in [3.8, 4) is 0 Å². The molecule has 6 nitrogen and oxygen atoms in total. The Labute approximate surface area is 198 Å². The van der Waals surface area contributed by atoms with Crippen LogP contribution < -0.4 is 4.90 Å². The minimum absolute atomic E-state index is 0.0497. The van der Waals surface area contributed by atoms with E-state index in [0.29, 0.717) is 37.4 Å². The van der Waals surface area contributed by atoms with Crippen molar-refractivity contribution in [3.63, 3.8) is 0 Å². The van der Waals surface area contributed by atoms with E-state index in [9.17, 15) is 9.18 Å². The topological polar surface area (TPSA) is 53.7 Å². The Balaban J connectivity index is 1.35. The Bertz CT molecular complexity index is 1340. The molecule has 2 aromatic heterocycles. The molecule has 0 atom stereocenters. The van der Waals surface area contributed by atoms with Crippen molar-refractivity contribution in [2.75, 3.05) is 31.1 Å². The molecule has 4 aromatic rings. The Morgan fingerprint density at radius 2 is 1.62 bits per heavy atom. The van der Waals surface area contributed by atoms with Crippen LogP contribution in [0.2, 0.25) is 0 Å². The van der Waals surface area contributed by atoms with Gasteiger partial charge in [-0.25, -0.2) is 13.9 Å². The van der Waals surface area contributed by atoms with Crippen molar-refractivity contribution >= 4 is 17.2 Å². The van der Waals surface area contributed by atoms with Gasteiger partial charge in [0.25, 0.3) is 5.91 Å². The van der Waals surface area contributed by atoms with Gasteiger partial charge in [0.2, 0.25) is 0 Å². The molecule has 1 saturated heterocycles. The van der Waals surface area contributed by atoms with Gasteiger partial charge in [-0.15, -0.1) is 0 Å². The highest BCUT2D eigenvalue weighted by Gasteiger charge is 2.26. The highest BCUT2D eigenvalue weighted by atomic mass is 19.1. The van der Waals surface area contributed by atoms with E-state index in [1.807, 2.05) is 18.7 Å². The van der Waals surface area contributed by atoms with Gasteiger partial charge in [0.1, 0.15) is 11.4 Å². The number of benzene rings is 2. The van der Waals surface area contributed by atoms with Crippen LogP contribution >= 0.6 is 0 Å². The highest BCUT2D eigenvalue weighted by Crippen LogP contribution is 2.23. The van der Waals surface area contributed by atoms with Crippen molar-refractivity contribution in [3.05, 3.63) is 94.2 Å². The molecule has 1 aliphatic rings. The minimum Gasteiger partial charge on any atom is -0.368 e. The number of piperazine rings is 1. The van der Waals surface area contributed by atoms with Crippen molar-refractivity contribution in [2.45, 2.75) is 27.2 Å². The summed E-state index contributed by atoms with van der Waals surface area (Å²) >= 11 is 0. The van der Waals surface area contributed by atoms with Gasteiger partial charge < -0.3 is 9.80 Å². The predicted octanol–water partition coefficient (Wildman–Crippen LogP) is 4.35. The lowest BCUT2D eigenvalue weighted by molar-refractivity contribution is 0.0748. The molecule has 0 N–H and O–H groups in total. The van der Waals surface area contributed by atoms with E-state index in [-0.39, 0.29) is 11.7 Å². The zero-order valence-corrected chi connectivity index (χ0v) is 19.8. The second-order valence-electron chi connectivity index (χ2n) is 8.97. The van der Waals surface area contributed by atoms with Crippen LogP contribution in [0.5, 0.6) is 0 Å². The molecule has 5 rings (SSSR count). The molecule has 0 bridgehead atoms. The molecule has 0 unspecified atom stereocenters. The summed E-state index contributed by atoms with van der Waals surface area (Å²) in [4.78, 5) is 22.2. The summed E-state index contributed by atoms with van der Waals surface area (Å²) in [5.74, 6) is -0.294. The van der Waals surface area contributed by atoms with Crippen LogP contribution in [0.25, 0.3) is 5.65 Å². The number of anilines is 1. The van der Waals surface area contributed by atoms with Crippen LogP contribution in [0.15, 0.2) is 54.7 Å². The standard InChI is InChI=1S/C27H28FN5O/c1-18-4-6-21(7-5-18)16-24-19(2)30-26-25(17-29-33(26)20(24)3)27(34)32-14-12-31(13-15-32)23-10-8-22(28)9-11-23/h4-11,17H,12-16H2,1-3H3. The van der Waals surface area contributed by atoms with Gasteiger partial charge in [0.15, 0.2) is 5.65 Å². The molecule has 1 fully saturated rings. The molecule has 0 spiro atoms. The first-order valence-corrected chi connectivity index (χ1v) is 11.6. The lowest BCUT2D eigenvalue weighted by Crippen LogP contribution is -2.48. The molecular formula is C27H28FN5O. The number of aromatic nitrogens is 3. The number of amides is 1. The van der Waals surface area contributed by atoms with Crippen molar-refractivity contribution < 1.29 is 9.18 Å². The summed E-state index contributed by atoms with van der Waals surface area (Å²) in [6.07, 6.45) is 2.41. The van der Waals surface area contributed by atoms with Crippen LogP contribution in [0.3, 0.4) is 0 Å². The molecule has 174 valence electrons. The van der Waals surface area contributed by atoms with Gasteiger partial charge in [-0.05, 0) is 56.2 Å². The normalized spacial score (nSPS) is 14.1. The average molecular weight is 458 g/mol. The van der Waals surface area contributed by atoms with Crippen molar-refractivity contribution in [1.82, 2.24) is 19.5 Å². The highest BCUT2D eigenvalue weighted by molar-refractivity contribution is 5.99. The van der Waals surface area contributed by atoms with Gasteiger partial charge in [0.05, 0.1) is 6.20 Å². The third-order valence-electron chi connectivity index (χ3n) is 6.70. The first-order valence-electron chi connectivity index (χ1n) is 11.6. The molecule has 1 amide bonds. The second-order valence-corrected chi connectivity index (χ2v) is 8.97. The zero-order chi connectivity index (χ0) is 23.8. The Morgan fingerprint density at radius 3 is 2.29 bits per heavy atom. The number of hydrogen-bond acceptors (Lipinski definition) is 4. The number of hydrogen-bond donors (Lipinski definition) is 0. The van der Waals surface area contributed by atoms with E-state index in [4.69, 9.17) is 4.98 Å². The van der Waals surface area contributed by atoms with Gasteiger partial charge in [-0.1, -0.05) is 29.8 Å². The maximum Gasteiger partial charge on any atom is 0.259 e. The predicted molar refractivity (Wildman–Crippen MR) is 131 cm³/mol. The number of halogens is 1. The van der Waals surface area contributed by atoms with Crippen LogP contribution in [-0.2, 0) is 6.42 Å². The Morgan fingerprint density at radius 1 is 0.941 bits per heavy atom. The number of aryl methyl sites for hydroxylation is 3. The molecule has 3 heterocycles.